The number of hydrogen-bond acceptors (Lipinski definition) is 8. The van der Waals surface area contributed by atoms with E-state index in [1.165, 1.54) is 12.1 Å². The highest BCUT2D eigenvalue weighted by Gasteiger charge is 2.32. The number of nitrogens with zero attached hydrogens (tertiary/aromatic N) is 3. The van der Waals surface area contributed by atoms with Crippen LogP contribution >= 0.6 is 0 Å². The number of amides is 1. The third-order valence-electron chi connectivity index (χ3n) is 6.48. The van der Waals surface area contributed by atoms with Gasteiger partial charge < -0.3 is 19.5 Å². The second-order valence-electron chi connectivity index (χ2n) is 9.53. The molecule has 206 valence electrons. The average molecular weight is 537 g/mol. The molecule has 0 bridgehead atoms. The van der Waals surface area contributed by atoms with Crippen LogP contribution in [0, 0.1) is 5.92 Å². The van der Waals surface area contributed by atoms with Crippen molar-refractivity contribution in [3.8, 4) is 11.3 Å². The summed E-state index contributed by atoms with van der Waals surface area (Å²) in [7, 11) is 0. The molecule has 1 fully saturated rings. The summed E-state index contributed by atoms with van der Waals surface area (Å²) in [6, 6.07) is 6.48. The first-order valence-corrected chi connectivity index (χ1v) is 12.6. The van der Waals surface area contributed by atoms with Crippen molar-refractivity contribution in [1.82, 2.24) is 20.4 Å². The Bertz CT molecular complexity index is 1120. The molecule has 1 aromatic carbocycles. The van der Waals surface area contributed by atoms with Gasteiger partial charge in [0.1, 0.15) is 19.3 Å². The average Bonchev–Trinajstić information content (AvgIpc) is 2.88. The first-order chi connectivity index (χ1) is 18.2. The van der Waals surface area contributed by atoms with Crippen LogP contribution in [0.1, 0.15) is 36.3 Å². The lowest BCUT2D eigenvalue weighted by atomic mass is 9.85. The number of esters is 1. The Hall–Kier alpha value is -3.09. The van der Waals surface area contributed by atoms with Crippen LogP contribution in [0.15, 0.2) is 30.3 Å². The molecule has 1 aliphatic heterocycles. The highest BCUT2D eigenvalue weighted by atomic mass is 19.4. The lowest BCUT2D eigenvalue weighted by Gasteiger charge is -2.28. The fourth-order valence-electron chi connectivity index (χ4n) is 4.53. The number of benzene rings is 1. The van der Waals surface area contributed by atoms with E-state index < -0.39 is 30.4 Å². The summed E-state index contributed by atoms with van der Waals surface area (Å²) in [5, 5.41) is 11.1. The Morgan fingerprint density at radius 1 is 1.16 bits per heavy atom. The SMILES string of the molecule is CC1Cc2nnc(-c3cccc(C(F)(F)F)c3)cc2C(OC(=O)COCC(=O)NCCN2CCOCC2)C1. The molecule has 2 heterocycles. The maximum absolute atomic E-state index is 13.2. The zero-order valence-corrected chi connectivity index (χ0v) is 21.1. The number of rotatable bonds is 9. The first kappa shape index (κ1) is 27.9. The highest BCUT2D eigenvalue weighted by Crippen LogP contribution is 2.37. The summed E-state index contributed by atoms with van der Waals surface area (Å²) < 4.78 is 55.6. The number of ether oxygens (including phenoxy) is 3. The molecule has 12 heteroatoms. The van der Waals surface area contributed by atoms with Gasteiger partial charge in [0.25, 0.3) is 0 Å². The number of carbonyl (C=O) groups excluding carboxylic acids is 2. The van der Waals surface area contributed by atoms with E-state index in [2.05, 4.69) is 20.4 Å². The van der Waals surface area contributed by atoms with Gasteiger partial charge in [0.15, 0.2) is 0 Å². The molecule has 2 unspecified atom stereocenters. The number of morpholine rings is 1. The maximum atomic E-state index is 13.2. The van der Waals surface area contributed by atoms with Crippen LogP contribution in [-0.2, 0) is 36.4 Å². The van der Waals surface area contributed by atoms with E-state index in [0.717, 1.165) is 25.2 Å². The number of hydrogen-bond donors (Lipinski definition) is 1. The number of carbonyl (C=O) groups is 2. The normalized spacial score (nSPS) is 20.0. The van der Waals surface area contributed by atoms with E-state index in [-0.39, 0.29) is 29.7 Å². The molecule has 0 spiro atoms. The van der Waals surface area contributed by atoms with Crippen molar-refractivity contribution >= 4 is 11.9 Å². The quantitative estimate of drug-likeness (QED) is 0.489. The maximum Gasteiger partial charge on any atom is 0.416 e. The fraction of sp³-hybridized carbons (Fsp3) is 0.538. The molecule has 1 amide bonds. The molecule has 1 saturated heterocycles. The molecular formula is C26H31F3N4O5. The molecule has 1 N–H and O–H groups in total. The molecule has 2 atom stereocenters. The lowest BCUT2D eigenvalue weighted by Crippen LogP contribution is -2.42. The highest BCUT2D eigenvalue weighted by molar-refractivity contribution is 5.78. The van der Waals surface area contributed by atoms with E-state index in [1.54, 1.807) is 6.07 Å². The second-order valence-corrected chi connectivity index (χ2v) is 9.53. The molecular weight excluding hydrogens is 505 g/mol. The van der Waals surface area contributed by atoms with Crippen molar-refractivity contribution in [3.05, 3.63) is 47.2 Å². The van der Waals surface area contributed by atoms with Crippen molar-refractivity contribution in [2.45, 2.75) is 32.0 Å². The summed E-state index contributed by atoms with van der Waals surface area (Å²) >= 11 is 0. The number of aromatic nitrogens is 2. The van der Waals surface area contributed by atoms with Gasteiger partial charge in [0, 0.05) is 37.3 Å². The van der Waals surface area contributed by atoms with Gasteiger partial charge in [-0.2, -0.15) is 23.4 Å². The van der Waals surface area contributed by atoms with Crippen molar-refractivity contribution in [1.29, 1.82) is 0 Å². The van der Waals surface area contributed by atoms with Crippen molar-refractivity contribution in [2.75, 3.05) is 52.6 Å². The largest absolute Gasteiger partial charge is 0.456 e. The molecule has 2 aromatic rings. The molecule has 0 saturated carbocycles. The Balaban J connectivity index is 1.31. The zero-order valence-electron chi connectivity index (χ0n) is 21.1. The van der Waals surface area contributed by atoms with Gasteiger partial charge in [-0.25, -0.2) is 4.79 Å². The van der Waals surface area contributed by atoms with Crippen LogP contribution in [0.5, 0.6) is 0 Å². The monoisotopic (exact) mass is 536 g/mol. The standard InChI is InChI=1S/C26H31F3N4O5/c1-17-11-22-20(14-21(31-32-22)18-3-2-4-19(13-18)26(27,28)29)23(12-17)38-25(35)16-37-15-24(34)30-5-6-33-7-9-36-10-8-33/h2-4,13-14,17,23H,5-12,15-16H2,1H3,(H,30,34). The molecule has 38 heavy (non-hydrogen) atoms. The third kappa shape index (κ3) is 7.71. The minimum atomic E-state index is -4.48. The van der Waals surface area contributed by atoms with Gasteiger partial charge in [-0.15, -0.1) is 0 Å². The van der Waals surface area contributed by atoms with E-state index in [9.17, 15) is 22.8 Å². The predicted octanol–water partition coefficient (Wildman–Crippen LogP) is 2.79. The summed E-state index contributed by atoms with van der Waals surface area (Å²) in [6.45, 7) is 5.51. The molecule has 1 aliphatic carbocycles. The Morgan fingerprint density at radius 2 is 1.95 bits per heavy atom. The van der Waals surface area contributed by atoms with Gasteiger partial charge in [-0.1, -0.05) is 19.1 Å². The van der Waals surface area contributed by atoms with Gasteiger partial charge in [0.05, 0.1) is 30.2 Å². The molecule has 9 nitrogen and oxygen atoms in total. The van der Waals surface area contributed by atoms with Crippen LogP contribution in [0.3, 0.4) is 0 Å². The predicted molar refractivity (Wildman–Crippen MR) is 130 cm³/mol. The Kier molecular flexibility index (Phi) is 9.29. The number of fused-ring (bicyclic) bond motifs is 1. The minimum Gasteiger partial charge on any atom is -0.456 e. The summed E-state index contributed by atoms with van der Waals surface area (Å²) in [5.74, 6) is -0.815. The van der Waals surface area contributed by atoms with Crippen LogP contribution < -0.4 is 5.32 Å². The van der Waals surface area contributed by atoms with Crippen molar-refractivity contribution < 1.29 is 37.0 Å². The van der Waals surface area contributed by atoms with Crippen LogP contribution in [0.4, 0.5) is 13.2 Å². The van der Waals surface area contributed by atoms with E-state index in [1.807, 2.05) is 6.92 Å². The molecule has 0 radical (unpaired) electrons. The summed E-state index contributed by atoms with van der Waals surface area (Å²) in [6.07, 6.45) is -3.99. The number of halogens is 3. The van der Waals surface area contributed by atoms with Crippen molar-refractivity contribution in [3.63, 3.8) is 0 Å². The Morgan fingerprint density at radius 3 is 2.71 bits per heavy atom. The van der Waals surface area contributed by atoms with Gasteiger partial charge in [0.2, 0.25) is 5.91 Å². The van der Waals surface area contributed by atoms with Crippen LogP contribution in [0.25, 0.3) is 11.3 Å². The molecule has 2 aliphatic rings. The fourth-order valence-corrected chi connectivity index (χ4v) is 4.53. The number of nitrogens with one attached hydrogen (secondary N) is 1. The van der Waals surface area contributed by atoms with Crippen molar-refractivity contribution in [2.24, 2.45) is 5.92 Å². The minimum absolute atomic E-state index is 0.159. The number of alkyl halides is 3. The first-order valence-electron chi connectivity index (χ1n) is 12.6. The van der Waals surface area contributed by atoms with E-state index in [4.69, 9.17) is 14.2 Å². The van der Waals surface area contributed by atoms with Crippen LogP contribution in [-0.4, -0.2) is 79.6 Å². The van der Waals surface area contributed by atoms with Gasteiger partial charge in [-0.05, 0) is 37.0 Å². The smallest absolute Gasteiger partial charge is 0.416 e. The topological polar surface area (TPSA) is 103 Å². The molecule has 4 rings (SSSR count). The Labute approximate surface area is 218 Å². The zero-order chi connectivity index (χ0) is 27.1. The molecule has 1 aromatic heterocycles. The summed E-state index contributed by atoms with van der Waals surface area (Å²) in [5.41, 5.74) is 0.989. The van der Waals surface area contributed by atoms with Gasteiger partial charge >= 0.3 is 12.1 Å². The van der Waals surface area contributed by atoms with E-state index in [0.29, 0.717) is 50.4 Å². The van der Waals surface area contributed by atoms with Gasteiger partial charge in [-0.3, -0.25) is 9.69 Å². The second kappa shape index (κ2) is 12.6. The summed E-state index contributed by atoms with van der Waals surface area (Å²) in [4.78, 5) is 26.7. The van der Waals surface area contributed by atoms with Crippen LogP contribution in [0.2, 0.25) is 0 Å². The third-order valence-corrected chi connectivity index (χ3v) is 6.48. The lowest BCUT2D eigenvalue weighted by molar-refractivity contribution is -0.156. The van der Waals surface area contributed by atoms with E-state index >= 15 is 0 Å².